The van der Waals surface area contributed by atoms with E-state index in [0.717, 1.165) is 323 Å². The molecule has 8 bridgehead atoms. The van der Waals surface area contributed by atoms with E-state index >= 15 is 0 Å². The van der Waals surface area contributed by atoms with Gasteiger partial charge in [-0.15, -0.1) is 0 Å². The van der Waals surface area contributed by atoms with Crippen LogP contribution < -0.4 is 18.9 Å². The largest absolute Gasteiger partial charge is 0.493 e. The van der Waals surface area contributed by atoms with Gasteiger partial charge in [0.15, 0.2) is 0 Å². The average molecular weight is 1750 g/mol. The summed E-state index contributed by atoms with van der Waals surface area (Å²) in [6.45, 7) is 11.1. The number of aromatic amines is 4. The van der Waals surface area contributed by atoms with Crippen LogP contribution in [0.15, 0.2) is 196 Å². The van der Waals surface area contributed by atoms with Crippen molar-refractivity contribution in [2.75, 3.05) is 26.4 Å². The van der Waals surface area contributed by atoms with Crippen molar-refractivity contribution in [1.82, 2.24) is 79.7 Å². The minimum atomic E-state index is 0.369. The molecule has 1 aliphatic carbocycles. The third kappa shape index (κ3) is 16.9. The third-order valence-corrected chi connectivity index (χ3v) is 27.2. The smallest absolute Gasteiger partial charge is 0.138 e. The maximum absolute atomic E-state index is 7.80. The number of unbranched alkanes of at least 4 members (excludes halogenated alkanes) is 20. The first-order valence-electron chi connectivity index (χ1n) is 48.5. The number of H-pyrrole nitrogens is 4. The summed E-state index contributed by atoms with van der Waals surface area (Å²) in [6.07, 6.45) is 58.3. The van der Waals surface area contributed by atoms with Gasteiger partial charge in [0, 0.05) is 190 Å². The average Bonchev–Trinajstić information content (AvgIpc) is 1.58. The van der Waals surface area contributed by atoms with E-state index in [9.17, 15) is 0 Å². The number of rotatable bonds is 36. The Balaban J connectivity index is 0.863. The lowest BCUT2D eigenvalue weighted by Gasteiger charge is -2.25. The molecule has 664 valence electrons. The second kappa shape index (κ2) is 38.7. The molecule has 0 unspecified atom stereocenters. The second-order valence-electron chi connectivity index (χ2n) is 36.3. The fraction of sp³-hybridized carbons (Fsp3) is 0.321. The molecule has 21 rings (SSSR count). The molecule has 20 aromatic rings. The molecular weight excluding hydrogens is 1630 g/mol. The van der Waals surface area contributed by atoms with Crippen LogP contribution in [0.1, 0.15) is 226 Å². The third-order valence-electron chi connectivity index (χ3n) is 27.2. The highest BCUT2D eigenvalue weighted by Gasteiger charge is 2.30. The molecule has 1 aliphatic rings. The molecule has 4 N–H and O–H groups in total. The number of ether oxygens (including phenoxy) is 4. The first-order valence-corrected chi connectivity index (χ1v) is 48.5. The van der Waals surface area contributed by atoms with Gasteiger partial charge in [-0.05, 0) is 210 Å². The maximum Gasteiger partial charge on any atom is 0.138 e. The molecule has 0 amide bonds. The molecule has 20 heteroatoms. The topological polar surface area (TPSA) is 255 Å². The van der Waals surface area contributed by atoms with Crippen molar-refractivity contribution in [1.29, 1.82) is 0 Å². The number of hydrogen-bond donors (Lipinski definition) is 4. The van der Waals surface area contributed by atoms with Gasteiger partial charge in [0.2, 0.25) is 0 Å². The minimum absolute atomic E-state index is 0.369. The van der Waals surface area contributed by atoms with E-state index < -0.39 is 0 Å². The molecule has 0 aliphatic heterocycles. The van der Waals surface area contributed by atoms with Gasteiger partial charge in [0.1, 0.15) is 46.3 Å². The molecule has 0 saturated heterocycles. The molecule has 20 nitrogen and oxygen atoms in total. The van der Waals surface area contributed by atoms with Crippen LogP contribution in [0.3, 0.4) is 0 Å². The highest BCUT2D eigenvalue weighted by Crippen LogP contribution is 2.48. The van der Waals surface area contributed by atoms with Gasteiger partial charge in [-0.1, -0.05) is 156 Å². The van der Waals surface area contributed by atoms with Crippen LogP contribution in [0.4, 0.5) is 0 Å². The number of aromatic nitrogens is 16. The molecule has 0 atom stereocenters. The van der Waals surface area contributed by atoms with E-state index in [-0.39, 0.29) is 0 Å². The monoisotopic (exact) mass is 1740 g/mol. The van der Waals surface area contributed by atoms with E-state index in [4.69, 9.17) is 78.8 Å². The van der Waals surface area contributed by atoms with Crippen LogP contribution in [0, 0.1) is 0 Å². The highest BCUT2D eigenvalue weighted by molar-refractivity contribution is 6.26. The summed E-state index contributed by atoms with van der Waals surface area (Å²) in [6, 6.07) is 35.5. The van der Waals surface area contributed by atoms with Crippen molar-refractivity contribution in [2.24, 2.45) is 0 Å². The van der Waals surface area contributed by atoms with Crippen molar-refractivity contribution in [3.8, 4) is 68.5 Å². The zero-order valence-electron chi connectivity index (χ0n) is 76.1. The number of benzene rings is 8. The predicted molar refractivity (Wildman–Crippen MR) is 535 cm³/mol. The van der Waals surface area contributed by atoms with E-state index in [1.165, 1.54) is 51.4 Å². The van der Waals surface area contributed by atoms with Crippen LogP contribution in [0.2, 0.25) is 0 Å². The predicted octanol–water partition coefficient (Wildman–Crippen LogP) is 27.9. The summed E-state index contributed by atoms with van der Waals surface area (Å²) in [7, 11) is 0. The fourth-order valence-corrected chi connectivity index (χ4v) is 20.6. The Bertz CT molecular complexity index is 6400. The Hall–Kier alpha value is -13.9. The quantitative estimate of drug-likeness (QED) is 0.0210. The van der Waals surface area contributed by atoms with Crippen LogP contribution in [-0.2, 0) is 25.7 Å². The molecule has 132 heavy (non-hydrogen) atoms. The lowest BCUT2D eigenvalue weighted by Crippen LogP contribution is -2.11. The summed E-state index contributed by atoms with van der Waals surface area (Å²) in [5.74, 6) is 6.04. The first-order chi connectivity index (χ1) is 65.3. The summed E-state index contributed by atoms with van der Waals surface area (Å²) in [5, 5.41) is 16.2. The molecule has 0 radical (unpaired) electrons. The SMILES string of the molecule is CCCCCCCCOc1c2cc(-c3nc4c5cnccc5c5ccncc5c4[nH]3)cc1Cc1cc(-c3nc4c5cnccc5c5ccncc5c4[nH]3)cc(c1OCCCCCCCC)Cc1cc(-c3nc4c5cnccc5c5ccncc5c4[nH]3)cc(c1OCCCCCCCC)Cc1cc(-c3nc4c5cnccc5c5ccncc5c4[nH]3)cc(c1OCCCCCCCC)C2. The highest BCUT2D eigenvalue weighted by atomic mass is 16.5. The van der Waals surface area contributed by atoms with Gasteiger partial charge >= 0.3 is 0 Å². The second-order valence-corrected chi connectivity index (χ2v) is 36.3. The standard InChI is InChI=1S/C112H112N16O4/c1-5-9-13-17-21-25-45-129-105-69-49-71-55-78(110-123-99-91-63-115-39-31-83(91)84-32-40-116-64-92(84)100(99)124-110)57-73(106(71)130-46-26-22-18-14-10-6-2)51-75-59-80(112-127-103-95-67-119-43-35-87(95)88-36-44-120-68-96(88)104(103)128-112)60-76(108(75)132-48-28-24-20-16-12-8-4)52-74-58-79(111-125-101-93-65-117-41-33-85(93)86-34-42-118-66-94(86)102(101)126-111)56-72(107(74)131-47-27-23-19-15-11-7-3)50-70(105)54-77(53-69)109-121-97-89-61-113-37-29-81(89)82-30-38-114-62-90(82)98(97)122-109/h29-44,53-68H,5-28,45-52H2,1-4H3,(H,121,122)(H,123,124)(H,125,126)(H,127,128). The molecule has 12 heterocycles. The minimum Gasteiger partial charge on any atom is -0.493 e. The van der Waals surface area contributed by atoms with Crippen LogP contribution in [-0.4, -0.2) is 106 Å². The molecule has 0 spiro atoms. The normalized spacial score (nSPS) is 12.5. The van der Waals surface area contributed by atoms with E-state index in [1.54, 1.807) is 0 Å². The molecular formula is C112H112N16O4. The maximum atomic E-state index is 7.80. The van der Waals surface area contributed by atoms with Crippen molar-refractivity contribution in [3.05, 3.63) is 241 Å². The molecule has 12 aromatic heterocycles. The van der Waals surface area contributed by atoms with E-state index in [2.05, 4.69) is 145 Å². The fourth-order valence-electron chi connectivity index (χ4n) is 20.6. The Labute approximate surface area is 767 Å². The number of imidazole rings is 4. The summed E-state index contributed by atoms with van der Waals surface area (Å²) in [5.41, 5.74) is 18.1. The van der Waals surface area contributed by atoms with Crippen LogP contribution in [0.25, 0.3) is 176 Å². The molecule has 0 saturated carbocycles. The summed E-state index contributed by atoms with van der Waals surface area (Å²) < 4.78 is 31.2. The van der Waals surface area contributed by atoms with E-state index in [0.29, 0.717) is 75.4 Å². The van der Waals surface area contributed by atoms with Gasteiger partial charge in [-0.3, -0.25) is 39.9 Å². The lowest BCUT2D eigenvalue weighted by molar-refractivity contribution is 0.293. The number of nitrogens with zero attached hydrogens (tertiary/aromatic N) is 12. The van der Waals surface area contributed by atoms with Gasteiger partial charge in [0.25, 0.3) is 0 Å². The van der Waals surface area contributed by atoms with Gasteiger partial charge in [-0.25, -0.2) is 19.9 Å². The Morgan fingerprint density at radius 3 is 0.583 bits per heavy atom. The number of hydrogen-bond acceptors (Lipinski definition) is 16. The number of fused-ring (bicyclic) bond motifs is 32. The number of pyridine rings is 8. The Morgan fingerprint density at radius 1 is 0.212 bits per heavy atom. The van der Waals surface area contributed by atoms with Crippen molar-refractivity contribution in [2.45, 2.75) is 207 Å². The Morgan fingerprint density at radius 2 is 0.386 bits per heavy atom. The molecule has 0 fully saturated rings. The van der Waals surface area contributed by atoms with Crippen molar-refractivity contribution in [3.63, 3.8) is 0 Å². The summed E-state index contributed by atoms with van der Waals surface area (Å²) in [4.78, 5) is 77.0. The van der Waals surface area contributed by atoms with Gasteiger partial charge < -0.3 is 38.9 Å². The Kier molecular flexibility index (Phi) is 24.9. The molecule has 8 aromatic carbocycles. The van der Waals surface area contributed by atoms with Gasteiger partial charge in [-0.2, -0.15) is 0 Å². The van der Waals surface area contributed by atoms with Gasteiger partial charge in [0.05, 0.1) is 70.6 Å². The van der Waals surface area contributed by atoms with Crippen LogP contribution >= 0.6 is 0 Å². The number of nitrogens with one attached hydrogen (secondary N) is 4. The zero-order chi connectivity index (χ0) is 88.8. The lowest BCUT2D eigenvalue weighted by atomic mass is 9.88. The summed E-state index contributed by atoms with van der Waals surface area (Å²) >= 11 is 0. The first kappa shape index (κ1) is 84.9. The van der Waals surface area contributed by atoms with Crippen LogP contribution in [0.5, 0.6) is 23.0 Å². The van der Waals surface area contributed by atoms with Crippen molar-refractivity contribution < 1.29 is 18.9 Å². The van der Waals surface area contributed by atoms with E-state index in [1.807, 2.05) is 99.1 Å². The zero-order valence-corrected chi connectivity index (χ0v) is 76.1. The van der Waals surface area contributed by atoms with Crippen molar-refractivity contribution >= 4 is 130 Å².